The third-order valence-electron chi connectivity index (χ3n) is 2.02. The lowest BCUT2D eigenvalue weighted by molar-refractivity contribution is 0.679. The van der Waals surface area contributed by atoms with E-state index in [4.69, 9.17) is 5.73 Å². The van der Waals surface area contributed by atoms with Crippen molar-refractivity contribution >= 4 is 16.5 Å². The molecule has 2 aromatic rings. The van der Waals surface area contributed by atoms with E-state index < -0.39 is 10.8 Å². The summed E-state index contributed by atoms with van der Waals surface area (Å²) in [5, 5.41) is 0.424. The summed E-state index contributed by atoms with van der Waals surface area (Å²) in [6.45, 7) is 0. The fourth-order valence-corrected chi connectivity index (χ4v) is 2.37. The van der Waals surface area contributed by atoms with Crippen LogP contribution in [-0.2, 0) is 16.6 Å². The van der Waals surface area contributed by atoms with Crippen LogP contribution in [0.2, 0.25) is 0 Å². The Bertz CT molecular complexity index is 502. The molecule has 0 aliphatic heterocycles. The summed E-state index contributed by atoms with van der Waals surface area (Å²) in [4.78, 5) is 8.13. The molecule has 0 bridgehead atoms. The highest BCUT2D eigenvalue weighted by Gasteiger charge is 2.10. The first-order valence-electron chi connectivity index (χ1n) is 4.76. The van der Waals surface area contributed by atoms with Crippen LogP contribution < -0.4 is 5.73 Å². The molecule has 0 aromatic carbocycles. The average molecular weight is 233 g/mol. The molecular formula is C11H11N3OS. The fourth-order valence-electron chi connectivity index (χ4n) is 1.28. The van der Waals surface area contributed by atoms with E-state index >= 15 is 0 Å². The zero-order chi connectivity index (χ0) is 11.4. The fraction of sp³-hybridized carbons (Fsp3) is 0.0909. The summed E-state index contributed by atoms with van der Waals surface area (Å²) in [6.07, 6.45) is 3.26. The predicted octanol–water partition coefficient (Wildman–Crippen LogP) is 1.37. The lowest BCUT2D eigenvalue weighted by atomic mass is 10.4. The maximum atomic E-state index is 12.0. The van der Waals surface area contributed by atoms with Gasteiger partial charge in [-0.15, -0.1) is 0 Å². The number of hydrogen-bond acceptors (Lipinski definition) is 4. The first-order chi connectivity index (χ1) is 7.77. The van der Waals surface area contributed by atoms with E-state index in [-0.39, 0.29) is 0 Å². The first kappa shape index (κ1) is 10.8. The molecule has 0 aliphatic rings. The van der Waals surface area contributed by atoms with Gasteiger partial charge in [-0.2, -0.15) is 0 Å². The molecule has 16 heavy (non-hydrogen) atoms. The van der Waals surface area contributed by atoms with Crippen LogP contribution in [0.1, 0.15) is 5.69 Å². The molecule has 0 amide bonds. The summed E-state index contributed by atoms with van der Waals surface area (Å²) in [5.74, 6) is 0.335. The Morgan fingerprint density at radius 2 is 1.94 bits per heavy atom. The summed E-state index contributed by atoms with van der Waals surface area (Å²) < 4.78 is 12.0. The molecule has 4 nitrogen and oxygen atoms in total. The SMILES string of the molecule is Nc1cccnc1S(=O)Cc1ccccn1. The smallest absolute Gasteiger partial charge is 0.150 e. The van der Waals surface area contributed by atoms with Gasteiger partial charge in [0.25, 0.3) is 0 Å². The third-order valence-corrected chi connectivity index (χ3v) is 3.35. The number of anilines is 1. The van der Waals surface area contributed by atoms with Crippen LogP contribution in [0.4, 0.5) is 5.69 Å². The topological polar surface area (TPSA) is 68.9 Å². The van der Waals surface area contributed by atoms with Crippen LogP contribution in [0.15, 0.2) is 47.8 Å². The van der Waals surface area contributed by atoms with Crippen molar-refractivity contribution in [2.24, 2.45) is 0 Å². The van der Waals surface area contributed by atoms with Gasteiger partial charge in [0, 0.05) is 12.4 Å². The van der Waals surface area contributed by atoms with E-state index in [2.05, 4.69) is 9.97 Å². The van der Waals surface area contributed by atoms with Crippen molar-refractivity contribution in [1.29, 1.82) is 0 Å². The molecule has 2 aromatic heterocycles. The minimum atomic E-state index is -1.24. The number of nitrogen functional groups attached to an aromatic ring is 1. The largest absolute Gasteiger partial charge is 0.396 e. The third kappa shape index (κ3) is 2.43. The Labute approximate surface area is 96.0 Å². The van der Waals surface area contributed by atoms with Crippen molar-refractivity contribution < 1.29 is 4.21 Å². The molecule has 0 aliphatic carbocycles. The van der Waals surface area contributed by atoms with Crippen molar-refractivity contribution in [3.05, 3.63) is 48.4 Å². The Balaban J connectivity index is 2.19. The van der Waals surface area contributed by atoms with E-state index in [9.17, 15) is 4.21 Å². The zero-order valence-corrected chi connectivity index (χ0v) is 9.35. The molecule has 5 heteroatoms. The lowest BCUT2D eigenvalue weighted by Gasteiger charge is -2.03. The molecule has 0 saturated carbocycles. The Kier molecular flexibility index (Phi) is 3.26. The van der Waals surface area contributed by atoms with Gasteiger partial charge in [0.1, 0.15) is 5.03 Å². The summed E-state index contributed by atoms with van der Waals surface area (Å²) >= 11 is 0. The van der Waals surface area contributed by atoms with E-state index in [1.54, 1.807) is 24.5 Å². The molecule has 0 saturated heterocycles. The summed E-state index contributed by atoms with van der Waals surface area (Å²) in [5.41, 5.74) is 6.92. The van der Waals surface area contributed by atoms with Gasteiger partial charge in [0.05, 0.1) is 27.9 Å². The van der Waals surface area contributed by atoms with Gasteiger partial charge in [0.2, 0.25) is 0 Å². The van der Waals surface area contributed by atoms with E-state index in [0.29, 0.717) is 16.5 Å². The normalized spacial score (nSPS) is 12.2. The van der Waals surface area contributed by atoms with Crippen molar-refractivity contribution in [2.75, 3.05) is 5.73 Å². The highest BCUT2D eigenvalue weighted by atomic mass is 32.2. The Morgan fingerprint density at radius 3 is 2.62 bits per heavy atom. The summed E-state index contributed by atoms with van der Waals surface area (Å²) in [7, 11) is -1.24. The molecule has 0 spiro atoms. The van der Waals surface area contributed by atoms with Gasteiger partial charge in [-0.3, -0.25) is 9.19 Å². The molecule has 0 fully saturated rings. The second kappa shape index (κ2) is 4.85. The molecule has 82 valence electrons. The maximum Gasteiger partial charge on any atom is 0.150 e. The second-order valence-corrected chi connectivity index (χ2v) is 4.58. The molecule has 2 N–H and O–H groups in total. The quantitative estimate of drug-likeness (QED) is 0.869. The number of aromatic nitrogens is 2. The molecule has 2 rings (SSSR count). The van der Waals surface area contributed by atoms with Crippen molar-refractivity contribution in [3.8, 4) is 0 Å². The van der Waals surface area contributed by atoms with E-state index in [1.807, 2.05) is 18.2 Å². The number of nitrogens with two attached hydrogens (primary N) is 1. The monoisotopic (exact) mass is 233 g/mol. The highest BCUT2D eigenvalue weighted by Crippen LogP contribution is 2.14. The van der Waals surface area contributed by atoms with Gasteiger partial charge in [-0.1, -0.05) is 6.07 Å². The number of hydrogen-bond donors (Lipinski definition) is 1. The highest BCUT2D eigenvalue weighted by molar-refractivity contribution is 7.84. The molecule has 1 unspecified atom stereocenters. The molecule has 1 atom stereocenters. The van der Waals surface area contributed by atoms with Crippen LogP contribution in [-0.4, -0.2) is 14.2 Å². The minimum Gasteiger partial charge on any atom is -0.396 e. The predicted molar refractivity (Wildman–Crippen MR) is 63.0 cm³/mol. The molecule has 0 radical (unpaired) electrons. The van der Waals surface area contributed by atoms with Gasteiger partial charge in [-0.25, -0.2) is 4.98 Å². The average Bonchev–Trinajstić information content (AvgIpc) is 2.31. The van der Waals surface area contributed by atoms with Crippen molar-refractivity contribution in [1.82, 2.24) is 9.97 Å². The lowest BCUT2D eigenvalue weighted by Crippen LogP contribution is -2.04. The summed E-state index contributed by atoms with van der Waals surface area (Å²) in [6, 6.07) is 8.93. The Hall–Kier alpha value is -1.75. The van der Waals surface area contributed by atoms with Crippen LogP contribution >= 0.6 is 0 Å². The van der Waals surface area contributed by atoms with E-state index in [1.165, 1.54) is 0 Å². The van der Waals surface area contributed by atoms with Crippen LogP contribution in [0.5, 0.6) is 0 Å². The van der Waals surface area contributed by atoms with E-state index in [0.717, 1.165) is 5.69 Å². The van der Waals surface area contributed by atoms with Gasteiger partial charge >= 0.3 is 0 Å². The number of nitrogens with zero attached hydrogens (tertiary/aromatic N) is 2. The van der Waals surface area contributed by atoms with Crippen molar-refractivity contribution in [3.63, 3.8) is 0 Å². The Morgan fingerprint density at radius 1 is 1.12 bits per heavy atom. The van der Waals surface area contributed by atoms with Gasteiger partial charge < -0.3 is 5.73 Å². The van der Waals surface area contributed by atoms with Crippen LogP contribution in [0.25, 0.3) is 0 Å². The minimum absolute atomic E-state index is 0.335. The molecular weight excluding hydrogens is 222 g/mol. The van der Waals surface area contributed by atoms with Gasteiger partial charge in [0.15, 0.2) is 0 Å². The first-order valence-corrected chi connectivity index (χ1v) is 6.08. The standard InChI is InChI=1S/C11H11N3OS/c12-10-5-3-7-14-11(10)16(15)8-9-4-1-2-6-13-9/h1-7H,8,12H2. The zero-order valence-electron chi connectivity index (χ0n) is 8.54. The number of rotatable bonds is 3. The number of pyridine rings is 2. The van der Waals surface area contributed by atoms with Crippen LogP contribution in [0.3, 0.4) is 0 Å². The second-order valence-electron chi connectivity index (χ2n) is 3.21. The van der Waals surface area contributed by atoms with Gasteiger partial charge in [-0.05, 0) is 24.3 Å². The molecule has 2 heterocycles. The maximum absolute atomic E-state index is 12.0. The van der Waals surface area contributed by atoms with Crippen LogP contribution in [0, 0.1) is 0 Å². The van der Waals surface area contributed by atoms with Crippen molar-refractivity contribution in [2.45, 2.75) is 10.8 Å².